The molecule has 0 fully saturated rings. The topological polar surface area (TPSA) is 41.1 Å². The molecule has 2 heterocycles. The summed E-state index contributed by atoms with van der Waals surface area (Å²) in [7, 11) is 0. The van der Waals surface area contributed by atoms with Gasteiger partial charge in [0.2, 0.25) is 5.91 Å². The molecule has 0 saturated carbocycles. The molecular weight excluding hydrogens is 430 g/mol. The molecular formula is C22H13Cl2FN2OS. The van der Waals surface area contributed by atoms with Crippen molar-refractivity contribution in [1.29, 1.82) is 0 Å². The van der Waals surface area contributed by atoms with Gasteiger partial charge in [0.05, 0.1) is 5.69 Å². The lowest BCUT2D eigenvalue weighted by atomic mass is 9.96. The Labute approximate surface area is 180 Å². The van der Waals surface area contributed by atoms with Crippen LogP contribution < -0.4 is 10.6 Å². The minimum absolute atomic E-state index is 0.163. The van der Waals surface area contributed by atoms with E-state index in [9.17, 15) is 9.18 Å². The first kappa shape index (κ1) is 18.6. The van der Waals surface area contributed by atoms with Gasteiger partial charge in [-0.3, -0.25) is 4.79 Å². The van der Waals surface area contributed by atoms with E-state index in [0.717, 1.165) is 27.4 Å². The Morgan fingerprint density at radius 3 is 2.38 bits per heavy atom. The van der Waals surface area contributed by atoms with Gasteiger partial charge in [-0.05, 0) is 60.2 Å². The average Bonchev–Trinajstić information content (AvgIpc) is 2.85. The number of hydrogen-bond donors (Lipinski definition) is 2. The lowest BCUT2D eigenvalue weighted by Crippen LogP contribution is -2.29. The lowest BCUT2D eigenvalue weighted by Gasteiger charge is -2.23. The van der Waals surface area contributed by atoms with Crippen LogP contribution in [-0.2, 0) is 9.54 Å². The molecule has 3 aromatic carbocycles. The molecule has 0 aliphatic carbocycles. The number of benzene rings is 3. The van der Waals surface area contributed by atoms with Crippen molar-refractivity contribution in [2.24, 2.45) is 0 Å². The third-order valence-corrected chi connectivity index (χ3v) is 6.84. The minimum atomic E-state index is -1.03. The summed E-state index contributed by atoms with van der Waals surface area (Å²) in [4.78, 5) is 14.1. The maximum atomic E-state index is 13.5. The van der Waals surface area contributed by atoms with Crippen LogP contribution in [0, 0.1) is 5.82 Å². The van der Waals surface area contributed by atoms with E-state index in [-0.39, 0.29) is 11.7 Å². The van der Waals surface area contributed by atoms with E-state index in [0.29, 0.717) is 15.7 Å². The normalized spacial score (nSPS) is 19.7. The van der Waals surface area contributed by atoms with Crippen LogP contribution in [0.25, 0.3) is 5.70 Å². The molecule has 144 valence electrons. The molecule has 0 bridgehead atoms. The summed E-state index contributed by atoms with van der Waals surface area (Å²) in [6, 6.07) is 17.0. The summed E-state index contributed by atoms with van der Waals surface area (Å²) in [6.45, 7) is 0. The fourth-order valence-electron chi connectivity index (χ4n) is 3.58. The lowest BCUT2D eigenvalue weighted by molar-refractivity contribution is -0.116. The van der Waals surface area contributed by atoms with Crippen LogP contribution in [0.2, 0.25) is 10.0 Å². The molecule has 1 amide bonds. The minimum Gasteiger partial charge on any atom is -0.354 e. The summed E-state index contributed by atoms with van der Waals surface area (Å²) in [5.41, 5.74) is 3.71. The fraction of sp³-hybridized carbons (Fsp3) is 0.0455. The molecule has 2 aliphatic rings. The molecule has 2 aliphatic heterocycles. The van der Waals surface area contributed by atoms with Gasteiger partial charge in [-0.2, -0.15) is 0 Å². The first-order chi connectivity index (χ1) is 13.9. The summed E-state index contributed by atoms with van der Waals surface area (Å²) >= 11 is 13.9. The van der Waals surface area contributed by atoms with Crippen molar-refractivity contribution in [3.05, 3.63) is 93.7 Å². The Morgan fingerprint density at radius 2 is 1.59 bits per heavy atom. The number of anilines is 2. The van der Waals surface area contributed by atoms with Crippen LogP contribution in [-0.4, -0.2) is 5.91 Å². The quantitative estimate of drug-likeness (QED) is 0.449. The number of carbonyl (C=O) groups is 1. The van der Waals surface area contributed by atoms with Gasteiger partial charge in [0, 0.05) is 31.9 Å². The van der Waals surface area contributed by atoms with Crippen molar-refractivity contribution in [2.45, 2.75) is 9.64 Å². The molecule has 0 radical (unpaired) electrons. The molecule has 29 heavy (non-hydrogen) atoms. The van der Waals surface area contributed by atoms with Crippen molar-refractivity contribution in [3.8, 4) is 0 Å². The first-order valence-electron chi connectivity index (χ1n) is 8.80. The van der Waals surface area contributed by atoms with E-state index in [1.807, 2.05) is 24.3 Å². The number of carbonyl (C=O) groups excluding carboxylic acids is 1. The molecule has 0 saturated heterocycles. The maximum Gasteiger partial charge on any atom is 0.249 e. The van der Waals surface area contributed by atoms with E-state index in [4.69, 9.17) is 23.2 Å². The highest BCUT2D eigenvalue weighted by molar-refractivity contribution is 8.01. The number of rotatable bonds is 1. The number of fused-ring (bicyclic) bond motifs is 3. The van der Waals surface area contributed by atoms with Crippen LogP contribution in [0.3, 0.4) is 0 Å². The van der Waals surface area contributed by atoms with Crippen molar-refractivity contribution in [3.63, 3.8) is 0 Å². The van der Waals surface area contributed by atoms with Crippen molar-refractivity contribution in [2.75, 3.05) is 10.6 Å². The number of halogens is 3. The number of nitrogens with one attached hydrogen (secondary N) is 2. The molecule has 3 aromatic rings. The number of thioether (sulfide) groups is 1. The van der Waals surface area contributed by atoms with Gasteiger partial charge in [-0.1, -0.05) is 47.1 Å². The molecule has 5 rings (SSSR count). The van der Waals surface area contributed by atoms with E-state index in [2.05, 4.69) is 10.6 Å². The first-order valence-corrected chi connectivity index (χ1v) is 10.4. The Bertz CT molecular complexity index is 1200. The van der Waals surface area contributed by atoms with Gasteiger partial charge < -0.3 is 10.6 Å². The molecule has 2 N–H and O–H groups in total. The summed E-state index contributed by atoms with van der Waals surface area (Å²) in [6.07, 6.45) is 1.87. The smallest absolute Gasteiger partial charge is 0.249 e. The SMILES string of the molecule is O=C1Nc2ccc(Cl)cc2[C@]12C=C(c1ccc(F)cc1)Nc1cc(Cl)ccc1S2. The predicted octanol–water partition coefficient (Wildman–Crippen LogP) is 6.54. The zero-order valence-corrected chi connectivity index (χ0v) is 17.1. The van der Waals surface area contributed by atoms with Crippen molar-refractivity contribution < 1.29 is 9.18 Å². The monoisotopic (exact) mass is 442 g/mol. The highest BCUT2D eigenvalue weighted by Gasteiger charge is 2.48. The highest BCUT2D eigenvalue weighted by Crippen LogP contribution is 2.55. The molecule has 7 heteroatoms. The second-order valence-corrected chi connectivity index (χ2v) is 8.97. The van der Waals surface area contributed by atoms with E-state index in [1.165, 1.54) is 23.9 Å². The van der Waals surface area contributed by atoms with E-state index < -0.39 is 4.75 Å². The average molecular weight is 443 g/mol. The van der Waals surface area contributed by atoms with Crippen molar-refractivity contribution >= 4 is 57.9 Å². The molecule has 1 spiro atoms. The molecule has 0 unspecified atom stereocenters. The van der Waals surface area contributed by atoms with Gasteiger partial charge >= 0.3 is 0 Å². The Morgan fingerprint density at radius 1 is 0.862 bits per heavy atom. The molecule has 3 nitrogen and oxygen atoms in total. The van der Waals surface area contributed by atoms with Gasteiger partial charge in [0.25, 0.3) is 0 Å². The van der Waals surface area contributed by atoms with Crippen LogP contribution in [0.5, 0.6) is 0 Å². The summed E-state index contributed by atoms with van der Waals surface area (Å²) in [5, 5.41) is 7.45. The Balaban J connectivity index is 1.77. The van der Waals surface area contributed by atoms with Crippen LogP contribution in [0.1, 0.15) is 11.1 Å². The van der Waals surface area contributed by atoms with Gasteiger partial charge in [-0.15, -0.1) is 0 Å². The van der Waals surface area contributed by atoms with Gasteiger partial charge in [0.1, 0.15) is 10.6 Å². The van der Waals surface area contributed by atoms with Crippen LogP contribution >= 0.6 is 35.0 Å². The summed E-state index contributed by atoms with van der Waals surface area (Å²) < 4.78 is 12.5. The predicted molar refractivity (Wildman–Crippen MR) is 117 cm³/mol. The fourth-order valence-corrected chi connectivity index (χ4v) is 5.22. The summed E-state index contributed by atoms with van der Waals surface area (Å²) in [5.74, 6) is -0.491. The van der Waals surface area contributed by atoms with Gasteiger partial charge in [0.15, 0.2) is 0 Å². The second kappa shape index (κ2) is 6.80. The number of hydrogen-bond acceptors (Lipinski definition) is 3. The van der Waals surface area contributed by atoms with E-state index in [1.54, 1.807) is 30.3 Å². The van der Waals surface area contributed by atoms with Crippen LogP contribution in [0.15, 0.2) is 71.6 Å². The third-order valence-electron chi connectivity index (χ3n) is 4.95. The van der Waals surface area contributed by atoms with Gasteiger partial charge in [-0.25, -0.2) is 4.39 Å². The Kier molecular flexibility index (Phi) is 4.35. The van der Waals surface area contributed by atoms with Crippen molar-refractivity contribution in [1.82, 2.24) is 0 Å². The number of amides is 1. The molecule has 1 atom stereocenters. The zero-order valence-electron chi connectivity index (χ0n) is 14.8. The largest absolute Gasteiger partial charge is 0.354 e. The zero-order chi connectivity index (χ0) is 20.2. The highest BCUT2D eigenvalue weighted by atomic mass is 35.5. The van der Waals surface area contributed by atoms with E-state index >= 15 is 0 Å². The standard InChI is InChI=1S/C22H13Cl2FN2OS/c23-13-3-7-17-16(9-13)22(21(28)27-17)11-19(12-1-5-15(25)6-2-12)26-18-10-14(24)4-8-20(18)29-22/h1-11,26H,(H,27,28)/t22-/m1/s1. The second-order valence-electron chi connectivity index (χ2n) is 6.81. The van der Waals surface area contributed by atoms with Crippen LogP contribution in [0.4, 0.5) is 15.8 Å². The Hall–Kier alpha value is -2.47. The molecule has 0 aromatic heterocycles. The maximum absolute atomic E-state index is 13.5. The third kappa shape index (κ3) is 3.10.